The minimum Gasteiger partial charge on any atom is -0.508 e. The average molecular weight is 237 g/mol. The summed E-state index contributed by atoms with van der Waals surface area (Å²) in [5.41, 5.74) is 0.932. The van der Waals surface area contributed by atoms with Gasteiger partial charge in [-0.25, -0.2) is 0 Å². The number of nitrogens with one attached hydrogen (secondary N) is 1. The Balaban J connectivity index is 2.42. The van der Waals surface area contributed by atoms with Gasteiger partial charge in [-0.05, 0) is 37.5 Å². The van der Waals surface area contributed by atoms with Crippen LogP contribution in [0.1, 0.15) is 33.1 Å². The van der Waals surface area contributed by atoms with Crippen molar-refractivity contribution in [2.75, 3.05) is 6.54 Å². The number of aliphatic hydroxyl groups is 2. The molecule has 0 aliphatic heterocycles. The summed E-state index contributed by atoms with van der Waals surface area (Å²) >= 11 is 0. The first-order valence-electron chi connectivity index (χ1n) is 6.31. The Morgan fingerprint density at radius 1 is 1.41 bits per heavy atom. The Labute approximate surface area is 104 Å². The van der Waals surface area contributed by atoms with E-state index in [1.807, 2.05) is 6.08 Å². The highest BCUT2D eigenvalue weighted by molar-refractivity contribution is 5.28. The number of aliphatic hydroxyl groups excluding tert-OH is 2. The maximum atomic E-state index is 10.0. The van der Waals surface area contributed by atoms with Crippen LogP contribution in [-0.4, -0.2) is 28.9 Å². The van der Waals surface area contributed by atoms with Gasteiger partial charge in [0.25, 0.3) is 0 Å². The highest BCUT2D eigenvalue weighted by Crippen LogP contribution is 2.13. The standard InChI is InChI=1S/C14H23NO2/c1-3-5-11(2)15-10-14(17)12-6-4-7-13(16)9-8-12/h4,7-9,11,14-17H,3,5-6,10H2,1-2H3. The van der Waals surface area contributed by atoms with Crippen molar-refractivity contribution in [1.29, 1.82) is 0 Å². The third-order valence-corrected chi connectivity index (χ3v) is 2.92. The van der Waals surface area contributed by atoms with E-state index < -0.39 is 6.10 Å². The fourth-order valence-corrected chi connectivity index (χ4v) is 1.86. The first-order valence-corrected chi connectivity index (χ1v) is 6.31. The molecule has 2 atom stereocenters. The molecule has 0 radical (unpaired) electrons. The summed E-state index contributed by atoms with van der Waals surface area (Å²) in [4.78, 5) is 0. The predicted molar refractivity (Wildman–Crippen MR) is 70.9 cm³/mol. The second-order valence-electron chi connectivity index (χ2n) is 4.55. The second kappa shape index (κ2) is 7.30. The summed E-state index contributed by atoms with van der Waals surface area (Å²) in [7, 11) is 0. The molecule has 0 aromatic heterocycles. The Bertz CT molecular complexity index is 318. The van der Waals surface area contributed by atoms with Crippen molar-refractivity contribution in [1.82, 2.24) is 5.32 Å². The van der Waals surface area contributed by atoms with E-state index in [1.165, 1.54) is 0 Å². The van der Waals surface area contributed by atoms with Crippen LogP contribution in [0.5, 0.6) is 0 Å². The lowest BCUT2D eigenvalue weighted by Gasteiger charge is -2.18. The lowest BCUT2D eigenvalue weighted by Crippen LogP contribution is -2.34. The van der Waals surface area contributed by atoms with Gasteiger partial charge in [-0.3, -0.25) is 0 Å². The van der Waals surface area contributed by atoms with Crippen molar-refractivity contribution in [3.63, 3.8) is 0 Å². The maximum absolute atomic E-state index is 10.0. The summed E-state index contributed by atoms with van der Waals surface area (Å²) in [6.07, 6.45) is 9.40. The Morgan fingerprint density at radius 2 is 2.18 bits per heavy atom. The summed E-state index contributed by atoms with van der Waals surface area (Å²) in [5.74, 6) is 0.236. The molecule has 0 saturated heterocycles. The van der Waals surface area contributed by atoms with Crippen LogP contribution in [0.2, 0.25) is 0 Å². The topological polar surface area (TPSA) is 52.5 Å². The van der Waals surface area contributed by atoms with E-state index in [-0.39, 0.29) is 5.76 Å². The minimum absolute atomic E-state index is 0.236. The summed E-state index contributed by atoms with van der Waals surface area (Å²) in [6, 6.07) is 0.431. The molecular formula is C14H23NO2. The van der Waals surface area contributed by atoms with Crippen molar-refractivity contribution in [3.05, 3.63) is 35.6 Å². The molecular weight excluding hydrogens is 214 g/mol. The van der Waals surface area contributed by atoms with Crippen molar-refractivity contribution in [2.24, 2.45) is 0 Å². The van der Waals surface area contributed by atoms with Gasteiger partial charge in [0.1, 0.15) is 5.76 Å². The molecule has 96 valence electrons. The molecule has 0 fully saturated rings. The number of allylic oxidation sites excluding steroid dienone is 4. The lowest BCUT2D eigenvalue weighted by molar-refractivity contribution is 0.199. The van der Waals surface area contributed by atoms with Crippen molar-refractivity contribution >= 4 is 0 Å². The molecule has 2 unspecified atom stereocenters. The zero-order valence-corrected chi connectivity index (χ0v) is 10.7. The molecule has 3 nitrogen and oxygen atoms in total. The van der Waals surface area contributed by atoms with Crippen molar-refractivity contribution in [2.45, 2.75) is 45.3 Å². The van der Waals surface area contributed by atoms with Crippen molar-refractivity contribution < 1.29 is 10.2 Å². The molecule has 0 saturated carbocycles. The minimum atomic E-state index is -0.485. The highest BCUT2D eigenvalue weighted by Gasteiger charge is 2.11. The van der Waals surface area contributed by atoms with Crippen LogP contribution in [0, 0.1) is 0 Å². The fourth-order valence-electron chi connectivity index (χ4n) is 1.86. The second-order valence-corrected chi connectivity index (χ2v) is 4.55. The average Bonchev–Trinajstić information content (AvgIpc) is 2.51. The molecule has 0 heterocycles. The maximum Gasteiger partial charge on any atom is 0.115 e. The van der Waals surface area contributed by atoms with Gasteiger partial charge in [0, 0.05) is 12.6 Å². The van der Waals surface area contributed by atoms with E-state index in [9.17, 15) is 10.2 Å². The molecule has 17 heavy (non-hydrogen) atoms. The third kappa shape index (κ3) is 5.20. The molecule has 1 aliphatic carbocycles. The normalized spacial score (nSPS) is 19.2. The molecule has 0 aromatic carbocycles. The quantitative estimate of drug-likeness (QED) is 0.665. The Kier molecular flexibility index (Phi) is 6.01. The number of rotatable bonds is 6. The molecule has 3 N–H and O–H groups in total. The van der Waals surface area contributed by atoms with Crippen molar-refractivity contribution in [3.8, 4) is 0 Å². The third-order valence-electron chi connectivity index (χ3n) is 2.92. The summed E-state index contributed by atoms with van der Waals surface area (Å²) in [6.45, 7) is 4.85. The highest BCUT2D eigenvalue weighted by atomic mass is 16.3. The molecule has 1 aliphatic rings. The van der Waals surface area contributed by atoms with E-state index in [0.29, 0.717) is 19.0 Å². The molecule has 0 bridgehead atoms. The summed E-state index contributed by atoms with van der Waals surface area (Å²) in [5, 5.41) is 22.7. The van der Waals surface area contributed by atoms with Gasteiger partial charge >= 0.3 is 0 Å². The van der Waals surface area contributed by atoms with Gasteiger partial charge in [-0.1, -0.05) is 25.5 Å². The summed E-state index contributed by atoms with van der Waals surface area (Å²) < 4.78 is 0. The lowest BCUT2D eigenvalue weighted by atomic mass is 10.1. The van der Waals surface area contributed by atoms with Crippen LogP contribution in [0.25, 0.3) is 0 Å². The molecule has 0 amide bonds. The monoisotopic (exact) mass is 237 g/mol. The van der Waals surface area contributed by atoms with E-state index in [1.54, 1.807) is 18.2 Å². The molecule has 0 spiro atoms. The smallest absolute Gasteiger partial charge is 0.115 e. The first-order chi connectivity index (χ1) is 8.13. The van der Waals surface area contributed by atoms with Gasteiger partial charge in [0.15, 0.2) is 0 Å². The van der Waals surface area contributed by atoms with E-state index in [4.69, 9.17) is 0 Å². The van der Waals surface area contributed by atoms with Crippen LogP contribution in [0.3, 0.4) is 0 Å². The van der Waals surface area contributed by atoms with Gasteiger partial charge in [0.2, 0.25) is 0 Å². The van der Waals surface area contributed by atoms with Gasteiger partial charge in [-0.15, -0.1) is 0 Å². The van der Waals surface area contributed by atoms with Gasteiger partial charge < -0.3 is 15.5 Å². The molecule has 0 aromatic rings. The van der Waals surface area contributed by atoms with Crippen LogP contribution in [0.4, 0.5) is 0 Å². The zero-order valence-electron chi connectivity index (χ0n) is 10.7. The van der Waals surface area contributed by atoms with Crippen LogP contribution in [0.15, 0.2) is 35.6 Å². The predicted octanol–water partition coefficient (Wildman–Crippen LogP) is 2.45. The zero-order chi connectivity index (χ0) is 12.7. The van der Waals surface area contributed by atoms with Gasteiger partial charge in [0.05, 0.1) is 6.10 Å². The van der Waals surface area contributed by atoms with Crippen LogP contribution >= 0.6 is 0 Å². The van der Waals surface area contributed by atoms with Crippen LogP contribution in [-0.2, 0) is 0 Å². The largest absolute Gasteiger partial charge is 0.508 e. The SMILES string of the molecule is CCCC(C)NCC(O)C1=CC=C(O)C=CC1. The molecule has 1 rings (SSSR count). The van der Waals surface area contributed by atoms with E-state index in [2.05, 4.69) is 19.2 Å². The van der Waals surface area contributed by atoms with Crippen LogP contribution < -0.4 is 5.32 Å². The molecule has 3 heteroatoms. The Morgan fingerprint density at radius 3 is 2.88 bits per heavy atom. The number of hydrogen-bond acceptors (Lipinski definition) is 3. The number of hydrogen-bond donors (Lipinski definition) is 3. The fraction of sp³-hybridized carbons (Fsp3) is 0.571. The Hall–Kier alpha value is -1.06. The van der Waals surface area contributed by atoms with E-state index >= 15 is 0 Å². The van der Waals surface area contributed by atoms with E-state index in [0.717, 1.165) is 18.4 Å². The first kappa shape index (κ1) is 14.0. The van der Waals surface area contributed by atoms with Gasteiger partial charge in [-0.2, -0.15) is 0 Å².